The number of carbonyl (C=O) groups excluding carboxylic acids is 1. The molecule has 4 aliphatic carbocycles. The lowest BCUT2D eigenvalue weighted by atomic mass is 9.53. The van der Waals surface area contributed by atoms with Crippen LogP contribution in [0.25, 0.3) is 0 Å². The average Bonchev–Trinajstić information content (AvgIpc) is 2.89. The molecule has 2 aromatic rings. The maximum Gasteiger partial charge on any atom is 0.255 e. The van der Waals surface area contributed by atoms with Crippen LogP contribution in [0.2, 0.25) is 5.02 Å². The summed E-state index contributed by atoms with van der Waals surface area (Å²) >= 11 is 6.32. The van der Waals surface area contributed by atoms with E-state index < -0.39 is 0 Å². The lowest BCUT2D eigenvalue weighted by Gasteiger charge is -2.56. The van der Waals surface area contributed by atoms with Crippen molar-refractivity contribution in [2.45, 2.75) is 64.5 Å². The van der Waals surface area contributed by atoms with Crippen LogP contribution in [0.1, 0.15) is 65.8 Å². The predicted octanol–water partition coefficient (Wildman–Crippen LogP) is 4.90. The molecule has 1 aromatic heterocycles. The Morgan fingerprint density at radius 3 is 2.36 bits per heavy atom. The van der Waals surface area contributed by atoms with Gasteiger partial charge in [0.05, 0.1) is 17.8 Å². The molecule has 4 aliphatic rings. The zero-order valence-electron chi connectivity index (χ0n) is 16.7. The number of hydrogen-bond donors (Lipinski definition) is 1. The van der Waals surface area contributed by atoms with E-state index in [0.717, 1.165) is 64.6 Å². The third-order valence-corrected chi connectivity index (χ3v) is 7.67. The number of hydrogen-bond acceptors (Lipinski definition) is 2. The van der Waals surface area contributed by atoms with Crippen molar-refractivity contribution < 1.29 is 4.79 Å². The molecular weight excluding hydrogens is 370 g/mol. The van der Waals surface area contributed by atoms with Gasteiger partial charge >= 0.3 is 0 Å². The molecule has 4 nitrogen and oxygen atoms in total. The summed E-state index contributed by atoms with van der Waals surface area (Å²) in [6, 6.07) is 7.81. The van der Waals surface area contributed by atoms with Gasteiger partial charge in [-0.3, -0.25) is 9.48 Å². The Bertz CT molecular complexity index is 897. The minimum atomic E-state index is 0.0234. The number of aromatic nitrogens is 2. The third kappa shape index (κ3) is 3.06. The summed E-state index contributed by atoms with van der Waals surface area (Å²) in [5.41, 5.74) is 3.49. The van der Waals surface area contributed by atoms with Crippen molar-refractivity contribution in [3.05, 3.63) is 51.8 Å². The molecule has 0 unspecified atom stereocenters. The lowest BCUT2D eigenvalue weighted by Crippen LogP contribution is -2.59. The molecule has 148 valence electrons. The molecule has 0 atom stereocenters. The highest BCUT2D eigenvalue weighted by Gasteiger charge is 2.51. The number of carbonyl (C=O) groups is 1. The van der Waals surface area contributed by atoms with Crippen molar-refractivity contribution in [2.24, 2.45) is 17.8 Å². The highest BCUT2D eigenvalue weighted by molar-refractivity contribution is 6.31. The van der Waals surface area contributed by atoms with Crippen molar-refractivity contribution in [1.82, 2.24) is 15.1 Å². The Morgan fingerprint density at radius 2 is 1.75 bits per heavy atom. The molecule has 5 heteroatoms. The third-order valence-electron chi connectivity index (χ3n) is 7.30. The average molecular weight is 398 g/mol. The topological polar surface area (TPSA) is 46.9 Å². The van der Waals surface area contributed by atoms with Crippen molar-refractivity contribution in [1.29, 1.82) is 0 Å². The molecule has 4 bridgehead atoms. The van der Waals surface area contributed by atoms with Crippen molar-refractivity contribution in [3.8, 4) is 0 Å². The zero-order valence-corrected chi connectivity index (χ0v) is 17.4. The second-order valence-corrected chi connectivity index (χ2v) is 9.85. The second kappa shape index (κ2) is 6.62. The normalized spacial score (nSPS) is 30.6. The van der Waals surface area contributed by atoms with Crippen LogP contribution in [0.4, 0.5) is 0 Å². The van der Waals surface area contributed by atoms with E-state index in [4.69, 9.17) is 11.6 Å². The Morgan fingerprint density at radius 1 is 1.14 bits per heavy atom. The maximum absolute atomic E-state index is 13.3. The van der Waals surface area contributed by atoms with E-state index >= 15 is 0 Å². The first-order chi connectivity index (χ1) is 13.4. The first kappa shape index (κ1) is 18.2. The number of benzene rings is 1. The van der Waals surface area contributed by atoms with Crippen molar-refractivity contribution in [3.63, 3.8) is 0 Å². The van der Waals surface area contributed by atoms with Crippen molar-refractivity contribution in [2.75, 3.05) is 0 Å². The van der Waals surface area contributed by atoms with Gasteiger partial charge in [0, 0.05) is 16.3 Å². The molecule has 4 fully saturated rings. The van der Waals surface area contributed by atoms with E-state index in [1.165, 1.54) is 19.3 Å². The smallest absolute Gasteiger partial charge is 0.255 e. The van der Waals surface area contributed by atoms with Gasteiger partial charge in [0.2, 0.25) is 0 Å². The molecule has 0 saturated heterocycles. The van der Waals surface area contributed by atoms with Gasteiger partial charge in [-0.15, -0.1) is 0 Å². The summed E-state index contributed by atoms with van der Waals surface area (Å²) in [6.45, 7) is 4.51. The number of nitrogens with one attached hydrogen (secondary N) is 1. The SMILES string of the molecule is Cc1nn(Cc2ccccc2Cl)c(C)c1C(=O)NC12CC3CC(CC(C3)C1)C2. The summed E-state index contributed by atoms with van der Waals surface area (Å²) in [7, 11) is 0. The minimum absolute atomic E-state index is 0.0234. The van der Waals surface area contributed by atoms with Crippen LogP contribution in [0.3, 0.4) is 0 Å². The molecule has 4 saturated carbocycles. The fourth-order valence-corrected chi connectivity index (χ4v) is 6.73. The molecule has 28 heavy (non-hydrogen) atoms. The van der Waals surface area contributed by atoms with Crippen LogP contribution in [0.5, 0.6) is 0 Å². The van der Waals surface area contributed by atoms with Crippen LogP contribution in [-0.2, 0) is 6.54 Å². The van der Waals surface area contributed by atoms with Gasteiger partial charge in [0.25, 0.3) is 5.91 Å². The van der Waals surface area contributed by atoms with Gasteiger partial charge in [-0.25, -0.2) is 0 Å². The zero-order chi connectivity index (χ0) is 19.5. The van der Waals surface area contributed by atoms with E-state index in [9.17, 15) is 4.79 Å². The summed E-state index contributed by atoms with van der Waals surface area (Å²) < 4.78 is 1.91. The summed E-state index contributed by atoms with van der Waals surface area (Å²) in [5.74, 6) is 2.51. The number of nitrogens with zero attached hydrogens (tertiary/aromatic N) is 2. The van der Waals surface area contributed by atoms with Crippen LogP contribution in [0, 0.1) is 31.6 Å². The first-order valence-corrected chi connectivity index (χ1v) is 10.9. The van der Waals surface area contributed by atoms with E-state index in [0.29, 0.717) is 6.54 Å². The van der Waals surface area contributed by atoms with Crippen LogP contribution in [0.15, 0.2) is 24.3 Å². The minimum Gasteiger partial charge on any atom is -0.346 e. The standard InChI is InChI=1S/C23H28ClN3O/c1-14-21(15(2)27(26-14)13-19-5-3-4-6-20(19)24)22(28)25-23-10-16-7-17(11-23)9-18(8-16)12-23/h3-6,16-18H,7-13H2,1-2H3,(H,25,28). The predicted molar refractivity (Wildman–Crippen MR) is 111 cm³/mol. The first-order valence-electron chi connectivity index (χ1n) is 10.5. The summed E-state index contributed by atoms with van der Waals surface area (Å²) in [5, 5.41) is 8.88. The molecule has 0 aliphatic heterocycles. The van der Waals surface area contributed by atoms with Gasteiger partial charge in [-0.1, -0.05) is 29.8 Å². The highest BCUT2D eigenvalue weighted by atomic mass is 35.5. The number of amides is 1. The van der Waals surface area contributed by atoms with Crippen LogP contribution < -0.4 is 5.32 Å². The number of aryl methyl sites for hydroxylation is 1. The monoisotopic (exact) mass is 397 g/mol. The molecule has 1 N–H and O–H groups in total. The molecular formula is C23H28ClN3O. The Kier molecular flexibility index (Phi) is 4.31. The Hall–Kier alpha value is -1.81. The Balaban J connectivity index is 1.38. The molecule has 0 spiro atoms. The maximum atomic E-state index is 13.3. The molecule has 1 aromatic carbocycles. The van der Waals surface area contributed by atoms with Gasteiger partial charge in [-0.05, 0) is 81.8 Å². The molecule has 1 amide bonds. The number of rotatable bonds is 4. The second-order valence-electron chi connectivity index (χ2n) is 9.45. The molecule has 1 heterocycles. The van der Waals surface area contributed by atoms with E-state index in [2.05, 4.69) is 10.4 Å². The van der Waals surface area contributed by atoms with Gasteiger partial charge in [0.15, 0.2) is 0 Å². The van der Waals surface area contributed by atoms with E-state index in [-0.39, 0.29) is 11.4 Å². The largest absolute Gasteiger partial charge is 0.346 e. The lowest BCUT2D eigenvalue weighted by molar-refractivity contribution is -0.0167. The number of halogens is 1. The van der Waals surface area contributed by atoms with Gasteiger partial charge in [-0.2, -0.15) is 5.10 Å². The van der Waals surface area contributed by atoms with Crippen molar-refractivity contribution >= 4 is 17.5 Å². The van der Waals surface area contributed by atoms with Gasteiger partial charge < -0.3 is 5.32 Å². The fraction of sp³-hybridized carbons (Fsp3) is 0.565. The van der Waals surface area contributed by atoms with Gasteiger partial charge in [0.1, 0.15) is 0 Å². The highest BCUT2D eigenvalue weighted by Crippen LogP contribution is 2.55. The van der Waals surface area contributed by atoms with Crippen LogP contribution in [-0.4, -0.2) is 21.2 Å². The summed E-state index contributed by atoms with van der Waals surface area (Å²) in [4.78, 5) is 13.3. The molecule has 6 rings (SSSR count). The molecule has 0 radical (unpaired) electrons. The quantitative estimate of drug-likeness (QED) is 0.797. The van der Waals surface area contributed by atoms with Crippen LogP contribution >= 0.6 is 11.6 Å². The van der Waals surface area contributed by atoms with E-state index in [1.54, 1.807) is 0 Å². The fourth-order valence-electron chi connectivity index (χ4n) is 6.53. The summed E-state index contributed by atoms with van der Waals surface area (Å²) in [6.07, 6.45) is 7.62. The Labute approximate surface area is 171 Å². The van der Waals surface area contributed by atoms with E-state index in [1.807, 2.05) is 42.8 Å².